The molecule has 146 valence electrons. The first-order valence-electron chi connectivity index (χ1n) is 9.27. The van der Waals surface area contributed by atoms with Crippen LogP contribution in [0.25, 0.3) is 11.1 Å². The molecule has 28 heavy (non-hydrogen) atoms. The van der Waals surface area contributed by atoms with E-state index in [-0.39, 0.29) is 5.91 Å². The fourth-order valence-corrected chi connectivity index (χ4v) is 2.97. The number of carbonyl (C=O) groups excluding carboxylic acids is 1. The van der Waals surface area contributed by atoms with Crippen LogP contribution in [0.3, 0.4) is 0 Å². The number of aryl methyl sites for hydroxylation is 1. The fraction of sp³-hybridized carbons (Fsp3) is 0.273. The van der Waals surface area contributed by atoms with Gasteiger partial charge in [-0.1, -0.05) is 18.2 Å². The number of carbonyl (C=O) groups is 1. The zero-order chi connectivity index (χ0) is 19.8. The van der Waals surface area contributed by atoms with Crippen LogP contribution < -0.4 is 14.8 Å². The van der Waals surface area contributed by atoms with Gasteiger partial charge in [0, 0.05) is 31.0 Å². The highest BCUT2D eigenvalue weighted by molar-refractivity contribution is 5.94. The van der Waals surface area contributed by atoms with E-state index in [9.17, 15) is 4.79 Å². The van der Waals surface area contributed by atoms with E-state index in [0.29, 0.717) is 23.6 Å². The van der Waals surface area contributed by atoms with Crippen LogP contribution >= 0.6 is 0 Å². The molecule has 0 atom stereocenters. The highest BCUT2D eigenvalue weighted by Gasteiger charge is 2.08. The molecule has 0 radical (unpaired) electrons. The Balaban J connectivity index is 1.52. The van der Waals surface area contributed by atoms with E-state index in [1.54, 1.807) is 26.7 Å². The zero-order valence-electron chi connectivity index (χ0n) is 16.2. The van der Waals surface area contributed by atoms with Gasteiger partial charge in [-0.15, -0.1) is 0 Å². The number of unbranched alkanes of at least 4 members (excludes halogenated alkanes) is 1. The average Bonchev–Trinajstić information content (AvgIpc) is 3.26. The topological polar surface area (TPSA) is 65.4 Å². The summed E-state index contributed by atoms with van der Waals surface area (Å²) in [6.07, 6.45) is 7.44. The van der Waals surface area contributed by atoms with Crippen LogP contribution in [0.5, 0.6) is 11.5 Å². The maximum Gasteiger partial charge on any atom is 0.251 e. The van der Waals surface area contributed by atoms with Crippen LogP contribution in [0.15, 0.2) is 61.2 Å². The maximum absolute atomic E-state index is 12.3. The number of methoxy groups -OCH3 is 2. The lowest BCUT2D eigenvalue weighted by Crippen LogP contribution is -2.24. The molecule has 3 aromatic rings. The van der Waals surface area contributed by atoms with Gasteiger partial charge in [-0.25, -0.2) is 4.98 Å². The molecule has 0 fully saturated rings. The predicted octanol–water partition coefficient (Wildman–Crippen LogP) is 3.78. The third kappa shape index (κ3) is 4.91. The molecule has 1 amide bonds. The van der Waals surface area contributed by atoms with Crippen LogP contribution in [0.4, 0.5) is 0 Å². The van der Waals surface area contributed by atoms with Gasteiger partial charge in [0.2, 0.25) is 0 Å². The molecule has 0 saturated carbocycles. The van der Waals surface area contributed by atoms with Crippen molar-refractivity contribution >= 4 is 5.91 Å². The third-order valence-electron chi connectivity index (χ3n) is 4.55. The van der Waals surface area contributed by atoms with Gasteiger partial charge in [-0.2, -0.15) is 0 Å². The number of hydrogen-bond acceptors (Lipinski definition) is 4. The Morgan fingerprint density at radius 3 is 2.43 bits per heavy atom. The van der Waals surface area contributed by atoms with E-state index < -0.39 is 0 Å². The molecule has 0 aliphatic rings. The van der Waals surface area contributed by atoms with Gasteiger partial charge in [0.05, 0.1) is 20.5 Å². The van der Waals surface area contributed by atoms with Crippen molar-refractivity contribution in [2.75, 3.05) is 20.8 Å². The standard InChI is InChI=1S/C22H25N3O3/c1-27-20-10-9-19(15-21(20)28-2)17-5-7-18(8-6-17)22(26)24-11-3-4-13-25-14-12-23-16-25/h5-10,12,14-16H,3-4,11,13H2,1-2H3,(H,24,26). The lowest BCUT2D eigenvalue weighted by Gasteiger charge is -2.10. The van der Waals surface area contributed by atoms with Gasteiger partial charge < -0.3 is 19.4 Å². The SMILES string of the molecule is COc1ccc(-c2ccc(C(=O)NCCCCn3ccnc3)cc2)cc1OC. The quantitative estimate of drug-likeness (QED) is 0.575. The van der Waals surface area contributed by atoms with Crippen molar-refractivity contribution in [1.82, 2.24) is 14.9 Å². The largest absolute Gasteiger partial charge is 0.493 e. The number of amides is 1. The fourth-order valence-electron chi connectivity index (χ4n) is 2.97. The van der Waals surface area contributed by atoms with Gasteiger partial charge in [-0.05, 0) is 48.2 Å². The first-order chi connectivity index (χ1) is 13.7. The summed E-state index contributed by atoms with van der Waals surface area (Å²) in [5, 5.41) is 2.97. The minimum atomic E-state index is -0.0542. The Kier molecular flexibility index (Phi) is 6.68. The van der Waals surface area contributed by atoms with Crippen molar-refractivity contribution in [2.24, 2.45) is 0 Å². The van der Waals surface area contributed by atoms with Crippen LogP contribution in [0, 0.1) is 0 Å². The number of nitrogens with one attached hydrogen (secondary N) is 1. The summed E-state index contributed by atoms with van der Waals surface area (Å²) in [6.45, 7) is 1.57. The first kappa shape index (κ1) is 19.5. The van der Waals surface area contributed by atoms with Gasteiger partial charge in [0.15, 0.2) is 11.5 Å². The number of rotatable bonds is 9. The molecule has 0 unspecified atom stereocenters. The lowest BCUT2D eigenvalue weighted by molar-refractivity contribution is 0.0953. The monoisotopic (exact) mass is 379 g/mol. The van der Waals surface area contributed by atoms with E-state index in [1.165, 1.54) is 0 Å². The summed E-state index contributed by atoms with van der Waals surface area (Å²) in [7, 11) is 3.23. The Labute approximate surface area is 165 Å². The number of hydrogen-bond donors (Lipinski definition) is 1. The Morgan fingerprint density at radius 1 is 1.00 bits per heavy atom. The molecule has 0 aliphatic carbocycles. The molecular weight excluding hydrogens is 354 g/mol. The summed E-state index contributed by atoms with van der Waals surface area (Å²) in [6, 6.07) is 13.3. The highest BCUT2D eigenvalue weighted by Crippen LogP contribution is 2.32. The number of aromatic nitrogens is 2. The van der Waals surface area contributed by atoms with Gasteiger partial charge in [-0.3, -0.25) is 4.79 Å². The molecular formula is C22H25N3O3. The second-order valence-electron chi connectivity index (χ2n) is 6.41. The molecule has 1 heterocycles. The van der Waals surface area contributed by atoms with Crippen molar-refractivity contribution in [3.8, 4) is 22.6 Å². The van der Waals surface area contributed by atoms with E-state index in [0.717, 1.165) is 30.5 Å². The number of ether oxygens (including phenoxy) is 2. The summed E-state index contributed by atoms with van der Waals surface area (Å²) in [5.74, 6) is 1.31. The molecule has 0 bridgehead atoms. The normalized spacial score (nSPS) is 10.5. The van der Waals surface area contributed by atoms with E-state index in [4.69, 9.17) is 9.47 Å². The van der Waals surface area contributed by atoms with Gasteiger partial charge >= 0.3 is 0 Å². The van der Waals surface area contributed by atoms with E-state index >= 15 is 0 Å². The second-order valence-corrected chi connectivity index (χ2v) is 6.41. The van der Waals surface area contributed by atoms with Crippen molar-refractivity contribution in [1.29, 1.82) is 0 Å². The first-order valence-corrected chi connectivity index (χ1v) is 9.27. The molecule has 1 N–H and O–H groups in total. The summed E-state index contributed by atoms with van der Waals surface area (Å²) in [4.78, 5) is 16.3. The molecule has 0 aliphatic heterocycles. The van der Waals surface area contributed by atoms with E-state index in [2.05, 4.69) is 10.3 Å². The van der Waals surface area contributed by atoms with Crippen molar-refractivity contribution in [3.05, 3.63) is 66.7 Å². The van der Waals surface area contributed by atoms with Crippen LogP contribution in [-0.4, -0.2) is 36.2 Å². The van der Waals surface area contributed by atoms with Gasteiger partial charge in [0.1, 0.15) is 0 Å². The minimum absolute atomic E-state index is 0.0542. The number of nitrogens with zero attached hydrogens (tertiary/aromatic N) is 2. The van der Waals surface area contributed by atoms with Crippen LogP contribution in [0.1, 0.15) is 23.2 Å². The molecule has 6 heteroatoms. The highest BCUT2D eigenvalue weighted by atomic mass is 16.5. The molecule has 3 rings (SSSR count). The van der Waals surface area contributed by atoms with Gasteiger partial charge in [0.25, 0.3) is 5.91 Å². The predicted molar refractivity (Wildman–Crippen MR) is 109 cm³/mol. The van der Waals surface area contributed by atoms with Crippen molar-refractivity contribution in [3.63, 3.8) is 0 Å². The average molecular weight is 379 g/mol. The number of imidazole rings is 1. The smallest absolute Gasteiger partial charge is 0.251 e. The van der Waals surface area contributed by atoms with Crippen molar-refractivity contribution in [2.45, 2.75) is 19.4 Å². The maximum atomic E-state index is 12.3. The van der Waals surface area contributed by atoms with Crippen LogP contribution in [-0.2, 0) is 6.54 Å². The summed E-state index contributed by atoms with van der Waals surface area (Å²) >= 11 is 0. The molecule has 0 spiro atoms. The molecule has 0 saturated heterocycles. The van der Waals surface area contributed by atoms with E-state index in [1.807, 2.05) is 53.2 Å². The lowest BCUT2D eigenvalue weighted by atomic mass is 10.0. The molecule has 6 nitrogen and oxygen atoms in total. The summed E-state index contributed by atoms with van der Waals surface area (Å²) in [5.41, 5.74) is 2.67. The summed E-state index contributed by atoms with van der Waals surface area (Å²) < 4.78 is 12.7. The molecule has 2 aromatic carbocycles. The minimum Gasteiger partial charge on any atom is -0.493 e. The second kappa shape index (κ2) is 9.60. The third-order valence-corrected chi connectivity index (χ3v) is 4.55. The molecule has 1 aromatic heterocycles. The Hall–Kier alpha value is -3.28. The van der Waals surface area contributed by atoms with Crippen molar-refractivity contribution < 1.29 is 14.3 Å². The number of benzene rings is 2. The Morgan fingerprint density at radius 2 is 1.75 bits per heavy atom. The van der Waals surface area contributed by atoms with Crippen LogP contribution in [0.2, 0.25) is 0 Å². The zero-order valence-corrected chi connectivity index (χ0v) is 16.2. The Bertz CT molecular complexity index is 890.